The maximum Gasteiger partial charge on any atom is 0.277 e. The summed E-state index contributed by atoms with van der Waals surface area (Å²) < 4.78 is 5.78. The van der Waals surface area contributed by atoms with Gasteiger partial charge >= 0.3 is 0 Å². The lowest BCUT2D eigenvalue weighted by Crippen LogP contribution is -1.87. The number of benzene rings is 3. The van der Waals surface area contributed by atoms with E-state index in [1.807, 2.05) is 36.4 Å². The van der Waals surface area contributed by atoms with E-state index in [1.165, 1.54) is 16.7 Å². The second-order valence-corrected chi connectivity index (χ2v) is 6.48. The van der Waals surface area contributed by atoms with Crippen molar-refractivity contribution in [1.29, 1.82) is 0 Å². The summed E-state index contributed by atoms with van der Waals surface area (Å²) in [4.78, 5) is 0. The van der Waals surface area contributed by atoms with Gasteiger partial charge in [0.05, 0.1) is 0 Å². The normalized spacial score (nSPS) is 10.7. The predicted molar refractivity (Wildman–Crippen MR) is 101 cm³/mol. The molecule has 0 unspecified atom stereocenters. The van der Waals surface area contributed by atoms with Crippen LogP contribution in [0.5, 0.6) is 0 Å². The third-order valence-electron chi connectivity index (χ3n) is 3.88. The molecule has 3 nitrogen and oxygen atoms in total. The first-order chi connectivity index (χ1) is 12.4. The Bertz CT molecular complexity index is 952. The molecule has 1 aromatic heterocycles. The molecule has 0 aliphatic heterocycles. The highest BCUT2D eigenvalue weighted by atomic mass is 32.2. The van der Waals surface area contributed by atoms with Crippen LogP contribution < -0.4 is 0 Å². The molecule has 0 spiro atoms. The first kappa shape index (κ1) is 15.7. The first-order valence-corrected chi connectivity index (χ1v) is 9.04. The maximum absolute atomic E-state index is 5.78. The Balaban J connectivity index is 1.52. The highest BCUT2D eigenvalue weighted by Crippen LogP contribution is 2.30. The van der Waals surface area contributed by atoms with Gasteiger partial charge in [0.15, 0.2) is 0 Å². The molecule has 4 aromatic rings. The van der Waals surface area contributed by atoms with Crippen molar-refractivity contribution in [2.24, 2.45) is 0 Å². The highest BCUT2D eigenvalue weighted by molar-refractivity contribution is 7.98. The first-order valence-electron chi connectivity index (χ1n) is 8.05. The molecule has 0 radical (unpaired) electrons. The fraction of sp³-hybridized carbons (Fsp3) is 0.0476. The van der Waals surface area contributed by atoms with E-state index in [-0.39, 0.29) is 0 Å². The van der Waals surface area contributed by atoms with E-state index in [9.17, 15) is 0 Å². The number of hydrogen-bond donors (Lipinski definition) is 0. The summed E-state index contributed by atoms with van der Waals surface area (Å²) in [7, 11) is 0. The standard InChI is InChI=1S/C21H16N2OS/c1-3-9-16(10-4-1)19-14-8-7-13-18(19)15-25-21-23-22-20(24-21)17-11-5-2-6-12-17/h1-14H,15H2. The lowest BCUT2D eigenvalue weighted by molar-refractivity contribution is 0.466. The number of thioether (sulfide) groups is 1. The molecule has 4 heteroatoms. The zero-order valence-corrected chi connectivity index (χ0v) is 14.3. The van der Waals surface area contributed by atoms with Crippen LogP contribution in [0.1, 0.15) is 5.56 Å². The Labute approximate surface area is 150 Å². The average Bonchev–Trinajstić information content (AvgIpc) is 3.17. The Kier molecular flexibility index (Phi) is 4.61. The molecular formula is C21H16N2OS. The topological polar surface area (TPSA) is 38.9 Å². The van der Waals surface area contributed by atoms with Gasteiger partial charge in [-0.25, -0.2) is 0 Å². The van der Waals surface area contributed by atoms with Crippen LogP contribution in [-0.4, -0.2) is 10.2 Å². The minimum atomic E-state index is 0.555. The smallest absolute Gasteiger partial charge is 0.277 e. The highest BCUT2D eigenvalue weighted by Gasteiger charge is 2.10. The average molecular weight is 344 g/mol. The van der Waals surface area contributed by atoms with Gasteiger partial charge in [0.1, 0.15) is 0 Å². The van der Waals surface area contributed by atoms with Crippen molar-refractivity contribution in [2.45, 2.75) is 11.0 Å². The fourth-order valence-corrected chi connectivity index (χ4v) is 3.42. The second kappa shape index (κ2) is 7.36. The predicted octanol–water partition coefficient (Wildman–Crippen LogP) is 5.70. The van der Waals surface area contributed by atoms with E-state index in [2.05, 4.69) is 58.7 Å². The molecule has 0 aliphatic carbocycles. The van der Waals surface area contributed by atoms with Gasteiger partial charge in [0.2, 0.25) is 5.89 Å². The van der Waals surface area contributed by atoms with Crippen molar-refractivity contribution in [1.82, 2.24) is 10.2 Å². The molecule has 1 heterocycles. The molecular weight excluding hydrogens is 328 g/mol. The van der Waals surface area contributed by atoms with Crippen molar-refractivity contribution in [3.05, 3.63) is 90.5 Å². The van der Waals surface area contributed by atoms with Crippen LogP contribution in [0.2, 0.25) is 0 Å². The van der Waals surface area contributed by atoms with Crippen molar-refractivity contribution < 1.29 is 4.42 Å². The van der Waals surface area contributed by atoms with Crippen molar-refractivity contribution in [3.63, 3.8) is 0 Å². The van der Waals surface area contributed by atoms with Crippen LogP contribution in [0.3, 0.4) is 0 Å². The number of aromatic nitrogens is 2. The zero-order chi connectivity index (χ0) is 16.9. The summed E-state index contributed by atoms with van der Waals surface area (Å²) in [5.74, 6) is 1.33. The van der Waals surface area contributed by atoms with Gasteiger partial charge in [0.25, 0.3) is 5.22 Å². The fourth-order valence-electron chi connectivity index (χ4n) is 2.65. The van der Waals surface area contributed by atoms with Crippen LogP contribution >= 0.6 is 11.8 Å². The summed E-state index contributed by atoms with van der Waals surface area (Å²) >= 11 is 1.56. The van der Waals surface area contributed by atoms with E-state index in [1.54, 1.807) is 11.8 Å². The van der Waals surface area contributed by atoms with Gasteiger partial charge in [-0.3, -0.25) is 0 Å². The summed E-state index contributed by atoms with van der Waals surface area (Å²) in [6.07, 6.45) is 0. The van der Waals surface area contributed by atoms with Crippen LogP contribution in [0, 0.1) is 0 Å². The number of rotatable bonds is 5. The van der Waals surface area contributed by atoms with E-state index < -0.39 is 0 Å². The van der Waals surface area contributed by atoms with Crippen LogP contribution in [0.4, 0.5) is 0 Å². The third kappa shape index (κ3) is 3.64. The molecule has 0 atom stereocenters. The molecule has 4 rings (SSSR count). The molecule has 0 saturated carbocycles. The number of hydrogen-bond acceptors (Lipinski definition) is 4. The van der Waals surface area contributed by atoms with Gasteiger partial charge in [-0.2, -0.15) is 0 Å². The molecule has 0 bridgehead atoms. The monoisotopic (exact) mass is 344 g/mol. The molecule has 0 fully saturated rings. The molecule has 0 aliphatic rings. The Morgan fingerprint density at radius 2 is 1.32 bits per heavy atom. The van der Waals surface area contributed by atoms with E-state index in [0.717, 1.165) is 11.3 Å². The van der Waals surface area contributed by atoms with Gasteiger partial charge in [-0.15, -0.1) is 10.2 Å². The summed E-state index contributed by atoms with van der Waals surface area (Å²) in [6.45, 7) is 0. The lowest BCUT2D eigenvalue weighted by atomic mass is 10.0. The van der Waals surface area contributed by atoms with Gasteiger partial charge in [0, 0.05) is 11.3 Å². The molecule has 25 heavy (non-hydrogen) atoms. The van der Waals surface area contributed by atoms with Gasteiger partial charge < -0.3 is 4.42 Å². The Hall–Kier alpha value is -2.85. The van der Waals surface area contributed by atoms with Crippen LogP contribution in [0.25, 0.3) is 22.6 Å². The SMILES string of the molecule is c1ccc(-c2nnc(SCc3ccccc3-c3ccccc3)o2)cc1. The minimum absolute atomic E-state index is 0.555. The number of nitrogens with zero attached hydrogens (tertiary/aromatic N) is 2. The van der Waals surface area contributed by atoms with E-state index >= 15 is 0 Å². The Morgan fingerprint density at radius 3 is 2.08 bits per heavy atom. The zero-order valence-electron chi connectivity index (χ0n) is 13.5. The summed E-state index contributed by atoms with van der Waals surface area (Å²) in [6, 6.07) is 28.6. The second-order valence-electron chi connectivity index (χ2n) is 5.55. The summed E-state index contributed by atoms with van der Waals surface area (Å²) in [5.41, 5.74) is 4.64. The molecule has 0 saturated heterocycles. The lowest BCUT2D eigenvalue weighted by Gasteiger charge is -2.08. The molecule has 122 valence electrons. The van der Waals surface area contributed by atoms with E-state index in [0.29, 0.717) is 11.1 Å². The van der Waals surface area contributed by atoms with Gasteiger partial charge in [-0.1, -0.05) is 84.6 Å². The largest absolute Gasteiger partial charge is 0.411 e. The van der Waals surface area contributed by atoms with Crippen molar-refractivity contribution in [3.8, 4) is 22.6 Å². The van der Waals surface area contributed by atoms with Gasteiger partial charge in [-0.05, 0) is 28.8 Å². The Morgan fingerprint density at radius 1 is 0.680 bits per heavy atom. The quantitative estimate of drug-likeness (QED) is 0.436. The van der Waals surface area contributed by atoms with Crippen molar-refractivity contribution in [2.75, 3.05) is 0 Å². The minimum Gasteiger partial charge on any atom is -0.411 e. The maximum atomic E-state index is 5.78. The van der Waals surface area contributed by atoms with E-state index in [4.69, 9.17) is 4.42 Å². The molecule has 3 aromatic carbocycles. The summed E-state index contributed by atoms with van der Waals surface area (Å²) in [5, 5.41) is 8.88. The van der Waals surface area contributed by atoms with Crippen LogP contribution in [-0.2, 0) is 5.75 Å². The molecule has 0 N–H and O–H groups in total. The molecule has 0 amide bonds. The third-order valence-corrected chi connectivity index (χ3v) is 4.75. The van der Waals surface area contributed by atoms with Crippen LogP contribution in [0.15, 0.2) is 94.6 Å². The van der Waals surface area contributed by atoms with Crippen molar-refractivity contribution >= 4 is 11.8 Å².